The van der Waals surface area contributed by atoms with Gasteiger partial charge in [-0.2, -0.15) is 0 Å². The molecule has 0 aromatic carbocycles. The average Bonchev–Trinajstić information content (AvgIpc) is 2.17. The maximum absolute atomic E-state index is 11.8. The Balaban J connectivity index is 3.06. The number of aryl methyl sites for hydroxylation is 1. The van der Waals surface area contributed by atoms with Crippen molar-refractivity contribution in [3.63, 3.8) is 0 Å². The van der Waals surface area contributed by atoms with Gasteiger partial charge in [0.2, 0.25) is 5.28 Å². The second-order valence-electron chi connectivity index (χ2n) is 3.20. The van der Waals surface area contributed by atoms with Gasteiger partial charge in [0.1, 0.15) is 10.7 Å². The number of fused-ring (bicyclic) bond motifs is 1. The molecule has 6 heteroatoms. The van der Waals surface area contributed by atoms with Crippen molar-refractivity contribution in [1.82, 2.24) is 14.5 Å². The summed E-state index contributed by atoms with van der Waals surface area (Å²) in [6.07, 6.45) is 0. The first-order valence-corrected chi connectivity index (χ1v) is 4.95. The van der Waals surface area contributed by atoms with Gasteiger partial charge in [-0.05, 0) is 24.6 Å². The van der Waals surface area contributed by atoms with Crippen molar-refractivity contribution in [2.45, 2.75) is 6.92 Å². The second-order valence-corrected chi connectivity index (χ2v) is 3.89. The van der Waals surface area contributed by atoms with Gasteiger partial charge in [0, 0.05) is 18.1 Å². The van der Waals surface area contributed by atoms with Crippen molar-refractivity contribution in [2.24, 2.45) is 7.05 Å². The Bertz CT molecular complexity index is 606. The third-order valence-electron chi connectivity index (χ3n) is 2.26. The summed E-state index contributed by atoms with van der Waals surface area (Å²) >= 11 is 11.5. The van der Waals surface area contributed by atoms with Crippen LogP contribution in [0.4, 0.5) is 0 Å². The standard InChI is InChI=1S/C9H7Cl2N3O/c1-4-3-5-6(8(15)14(4)2)12-9(11)13-7(5)10/h3H,1-2H3. The van der Waals surface area contributed by atoms with Crippen LogP contribution in [0.5, 0.6) is 0 Å². The molecule has 0 fully saturated rings. The molecule has 15 heavy (non-hydrogen) atoms. The third-order valence-corrected chi connectivity index (χ3v) is 2.72. The lowest BCUT2D eigenvalue weighted by atomic mass is 10.2. The van der Waals surface area contributed by atoms with Crippen LogP contribution in [-0.2, 0) is 7.05 Å². The number of hydrogen-bond acceptors (Lipinski definition) is 3. The Morgan fingerprint density at radius 1 is 1.33 bits per heavy atom. The molecule has 4 nitrogen and oxygen atoms in total. The number of rotatable bonds is 0. The molecule has 0 atom stereocenters. The van der Waals surface area contributed by atoms with E-state index in [4.69, 9.17) is 23.2 Å². The quantitative estimate of drug-likeness (QED) is 0.525. The van der Waals surface area contributed by atoms with E-state index in [0.717, 1.165) is 5.69 Å². The van der Waals surface area contributed by atoms with Crippen molar-refractivity contribution >= 4 is 34.1 Å². The number of aromatic nitrogens is 3. The summed E-state index contributed by atoms with van der Waals surface area (Å²) < 4.78 is 1.49. The Kier molecular flexibility index (Phi) is 2.40. The Morgan fingerprint density at radius 3 is 2.67 bits per heavy atom. The van der Waals surface area contributed by atoms with Crippen molar-refractivity contribution in [2.75, 3.05) is 0 Å². The van der Waals surface area contributed by atoms with E-state index < -0.39 is 0 Å². The van der Waals surface area contributed by atoms with Crippen LogP contribution in [0.3, 0.4) is 0 Å². The Hall–Kier alpha value is -1.13. The molecule has 2 aromatic heterocycles. The monoisotopic (exact) mass is 243 g/mol. The highest BCUT2D eigenvalue weighted by Gasteiger charge is 2.10. The predicted octanol–water partition coefficient (Wildman–Crippen LogP) is 1.94. The van der Waals surface area contributed by atoms with E-state index >= 15 is 0 Å². The number of nitrogens with zero attached hydrogens (tertiary/aromatic N) is 3. The topological polar surface area (TPSA) is 47.8 Å². The second kappa shape index (κ2) is 3.47. The zero-order chi connectivity index (χ0) is 11.2. The third kappa shape index (κ3) is 1.60. The van der Waals surface area contributed by atoms with Crippen LogP contribution in [0.2, 0.25) is 10.4 Å². The molecule has 0 amide bonds. The first-order valence-electron chi connectivity index (χ1n) is 4.20. The lowest BCUT2D eigenvalue weighted by molar-refractivity contribution is 0.826. The molecule has 0 saturated heterocycles. The van der Waals surface area contributed by atoms with Crippen molar-refractivity contribution in [1.29, 1.82) is 0 Å². The summed E-state index contributed by atoms with van der Waals surface area (Å²) in [5, 5.41) is 0.709. The largest absolute Gasteiger partial charge is 0.314 e. The molecular weight excluding hydrogens is 237 g/mol. The van der Waals surface area contributed by atoms with E-state index in [1.807, 2.05) is 6.92 Å². The molecule has 0 N–H and O–H groups in total. The lowest BCUT2D eigenvalue weighted by Crippen LogP contribution is -2.20. The minimum atomic E-state index is -0.226. The molecule has 2 aromatic rings. The molecule has 0 spiro atoms. The van der Waals surface area contributed by atoms with Crippen LogP contribution in [-0.4, -0.2) is 14.5 Å². The smallest absolute Gasteiger partial charge is 0.277 e. The van der Waals surface area contributed by atoms with Crippen LogP contribution in [0, 0.1) is 6.92 Å². The molecular formula is C9H7Cl2N3O. The van der Waals surface area contributed by atoms with Crippen LogP contribution in [0.1, 0.15) is 5.69 Å². The van der Waals surface area contributed by atoms with Crippen molar-refractivity contribution in [3.8, 4) is 0 Å². The minimum Gasteiger partial charge on any atom is -0.314 e. The molecule has 0 radical (unpaired) electrons. The Morgan fingerprint density at radius 2 is 2.00 bits per heavy atom. The molecule has 78 valence electrons. The van der Waals surface area contributed by atoms with Gasteiger partial charge in [0.15, 0.2) is 0 Å². The first-order chi connectivity index (χ1) is 7.00. The minimum absolute atomic E-state index is 0.0200. The van der Waals surface area contributed by atoms with Gasteiger partial charge in [-0.25, -0.2) is 9.97 Å². The van der Waals surface area contributed by atoms with Crippen molar-refractivity contribution < 1.29 is 0 Å². The highest BCUT2D eigenvalue weighted by molar-refractivity contribution is 6.35. The number of hydrogen-bond donors (Lipinski definition) is 0. The highest BCUT2D eigenvalue weighted by atomic mass is 35.5. The molecule has 0 aliphatic carbocycles. The van der Waals surface area contributed by atoms with Gasteiger partial charge in [0.05, 0.1) is 0 Å². The van der Waals surface area contributed by atoms with E-state index in [2.05, 4.69) is 9.97 Å². The fourth-order valence-corrected chi connectivity index (χ4v) is 1.77. The molecule has 2 rings (SSSR count). The van der Waals surface area contributed by atoms with Gasteiger partial charge >= 0.3 is 0 Å². The normalized spacial score (nSPS) is 10.9. The predicted molar refractivity (Wildman–Crippen MR) is 59.5 cm³/mol. The first kappa shape index (κ1) is 10.4. The fraction of sp³-hybridized carbons (Fsp3) is 0.222. The van der Waals surface area contributed by atoms with E-state index in [-0.39, 0.29) is 21.5 Å². The number of halogens is 2. The summed E-state index contributed by atoms with van der Waals surface area (Å²) in [6.45, 7) is 1.81. The molecule has 0 bridgehead atoms. The summed E-state index contributed by atoms with van der Waals surface area (Å²) in [7, 11) is 1.67. The maximum Gasteiger partial charge on any atom is 0.277 e. The summed E-state index contributed by atoms with van der Waals surface area (Å²) in [5.41, 5.74) is 0.810. The summed E-state index contributed by atoms with van der Waals surface area (Å²) in [4.78, 5) is 19.5. The van der Waals surface area contributed by atoms with Gasteiger partial charge in [-0.1, -0.05) is 11.6 Å². The van der Waals surface area contributed by atoms with Gasteiger partial charge in [-0.15, -0.1) is 0 Å². The van der Waals surface area contributed by atoms with Crippen LogP contribution in [0.25, 0.3) is 10.9 Å². The maximum atomic E-state index is 11.8. The van der Waals surface area contributed by atoms with Crippen molar-refractivity contribution in [3.05, 3.63) is 32.6 Å². The highest BCUT2D eigenvalue weighted by Crippen LogP contribution is 2.20. The molecule has 2 heterocycles. The van der Waals surface area contributed by atoms with Crippen LogP contribution < -0.4 is 5.56 Å². The molecule has 0 aliphatic rings. The van der Waals surface area contributed by atoms with Gasteiger partial charge in [-0.3, -0.25) is 4.79 Å². The SMILES string of the molecule is Cc1cc2c(Cl)nc(Cl)nc2c(=O)n1C. The van der Waals surface area contributed by atoms with E-state index in [1.54, 1.807) is 13.1 Å². The zero-order valence-electron chi connectivity index (χ0n) is 8.08. The average molecular weight is 244 g/mol. The molecule has 0 aliphatic heterocycles. The van der Waals surface area contributed by atoms with E-state index in [0.29, 0.717) is 5.39 Å². The Labute approximate surface area is 95.5 Å². The zero-order valence-corrected chi connectivity index (χ0v) is 9.60. The van der Waals surface area contributed by atoms with Gasteiger partial charge in [0.25, 0.3) is 5.56 Å². The van der Waals surface area contributed by atoms with Crippen LogP contribution in [0.15, 0.2) is 10.9 Å². The molecule has 0 unspecified atom stereocenters. The van der Waals surface area contributed by atoms with Gasteiger partial charge < -0.3 is 4.57 Å². The summed E-state index contributed by atoms with van der Waals surface area (Å²) in [6, 6.07) is 1.76. The van der Waals surface area contributed by atoms with E-state index in [9.17, 15) is 4.79 Å². The number of pyridine rings is 1. The van der Waals surface area contributed by atoms with E-state index in [1.165, 1.54) is 4.57 Å². The fourth-order valence-electron chi connectivity index (χ4n) is 1.33. The summed E-state index contributed by atoms with van der Waals surface area (Å²) in [5.74, 6) is 0. The lowest BCUT2D eigenvalue weighted by Gasteiger charge is -2.06. The van der Waals surface area contributed by atoms with Crippen LogP contribution >= 0.6 is 23.2 Å². The molecule has 0 saturated carbocycles.